The van der Waals surface area contributed by atoms with Crippen molar-refractivity contribution in [2.75, 3.05) is 0 Å². The first-order valence-electron chi connectivity index (χ1n) is 6.79. The molecule has 0 radical (unpaired) electrons. The van der Waals surface area contributed by atoms with Crippen LogP contribution in [-0.4, -0.2) is 28.8 Å². The molecule has 0 aromatic rings. The standard InChI is InChI=1S/C14H22O6/c1-14(2,3)20-19-11(9-12(15)16)13(17)18-10-7-5-4-6-8-10/h9-10H,4-8H2,1-3H3,(H,15,16). The third-order valence-corrected chi connectivity index (χ3v) is 2.66. The van der Waals surface area contributed by atoms with Gasteiger partial charge in [-0.25, -0.2) is 9.59 Å². The molecule has 1 fully saturated rings. The molecule has 0 unspecified atom stereocenters. The molecule has 6 nitrogen and oxygen atoms in total. The number of hydrogen-bond donors (Lipinski definition) is 1. The molecule has 6 heteroatoms. The van der Waals surface area contributed by atoms with E-state index < -0.39 is 23.3 Å². The Labute approximate surface area is 118 Å². The molecule has 0 atom stereocenters. The molecule has 0 saturated heterocycles. The first-order valence-corrected chi connectivity index (χ1v) is 6.79. The number of carbonyl (C=O) groups is 2. The predicted molar refractivity (Wildman–Crippen MR) is 70.6 cm³/mol. The lowest BCUT2D eigenvalue weighted by Gasteiger charge is -2.23. The highest BCUT2D eigenvalue weighted by Gasteiger charge is 2.24. The molecule has 0 amide bonds. The molecule has 0 aliphatic heterocycles. The van der Waals surface area contributed by atoms with Gasteiger partial charge in [-0.1, -0.05) is 6.42 Å². The van der Waals surface area contributed by atoms with Crippen molar-refractivity contribution in [1.29, 1.82) is 0 Å². The minimum absolute atomic E-state index is 0.174. The molecular formula is C14H22O6. The van der Waals surface area contributed by atoms with Crippen LogP contribution in [0.3, 0.4) is 0 Å². The molecule has 0 spiro atoms. The summed E-state index contributed by atoms with van der Waals surface area (Å²) in [4.78, 5) is 32.4. The van der Waals surface area contributed by atoms with E-state index in [1.54, 1.807) is 20.8 Å². The summed E-state index contributed by atoms with van der Waals surface area (Å²) >= 11 is 0. The minimum atomic E-state index is -1.29. The van der Waals surface area contributed by atoms with Crippen molar-refractivity contribution in [3.05, 3.63) is 11.8 Å². The maximum Gasteiger partial charge on any atom is 0.378 e. The van der Waals surface area contributed by atoms with E-state index >= 15 is 0 Å². The first-order chi connectivity index (χ1) is 9.28. The van der Waals surface area contributed by atoms with Gasteiger partial charge in [0.15, 0.2) is 0 Å². The van der Waals surface area contributed by atoms with Crippen molar-refractivity contribution in [2.24, 2.45) is 0 Å². The van der Waals surface area contributed by atoms with Crippen LogP contribution >= 0.6 is 0 Å². The molecule has 1 saturated carbocycles. The normalized spacial score (nSPS) is 17.6. The van der Waals surface area contributed by atoms with Crippen LogP contribution < -0.4 is 0 Å². The molecule has 0 bridgehead atoms. The van der Waals surface area contributed by atoms with Crippen LogP contribution in [0.4, 0.5) is 0 Å². The highest BCUT2D eigenvalue weighted by molar-refractivity contribution is 5.93. The second kappa shape index (κ2) is 7.28. The smallest absolute Gasteiger partial charge is 0.378 e. The van der Waals surface area contributed by atoms with Gasteiger partial charge in [0.05, 0.1) is 6.08 Å². The first kappa shape index (κ1) is 16.5. The zero-order valence-electron chi connectivity index (χ0n) is 12.2. The fourth-order valence-corrected chi connectivity index (χ4v) is 1.79. The van der Waals surface area contributed by atoms with Gasteiger partial charge in [-0.15, -0.1) is 0 Å². The van der Waals surface area contributed by atoms with Gasteiger partial charge in [0.1, 0.15) is 11.7 Å². The van der Waals surface area contributed by atoms with Gasteiger partial charge < -0.3 is 14.7 Å². The zero-order chi connectivity index (χ0) is 15.2. The van der Waals surface area contributed by atoms with Gasteiger partial charge in [0, 0.05) is 0 Å². The molecule has 20 heavy (non-hydrogen) atoms. The Hall–Kier alpha value is -1.56. The summed E-state index contributed by atoms with van der Waals surface area (Å²) in [6, 6.07) is 0. The van der Waals surface area contributed by atoms with Crippen LogP contribution in [0.15, 0.2) is 11.8 Å². The summed E-state index contributed by atoms with van der Waals surface area (Å²) in [5, 5.41) is 8.75. The molecular weight excluding hydrogens is 264 g/mol. The third-order valence-electron chi connectivity index (χ3n) is 2.66. The summed E-state index contributed by atoms with van der Waals surface area (Å²) in [5.74, 6) is -2.54. The molecule has 0 heterocycles. The van der Waals surface area contributed by atoms with E-state index in [1.807, 2.05) is 0 Å². The summed E-state index contributed by atoms with van der Waals surface area (Å²) in [7, 11) is 0. The number of esters is 1. The van der Waals surface area contributed by atoms with Gasteiger partial charge in [-0.3, -0.25) is 0 Å². The summed E-state index contributed by atoms with van der Waals surface area (Å²) < 4.78 is 5.24. The number of carbonyl (C=O) groups excluding carboxylic acids is 1. The van der Waals surface area contributed by atoms with Crippen molar-refractivity contribution in [3.63, 3.8) is 0 Å². The van der Waals surface area contributed by atoms with Gasteiger partial charge in [0.2, 0.25) is 0 Å². The highest BCUT2D eigenvalue weighted by Crippen LogP contribution is 2.22. The second-order valence-electron chi connectivity index (χ2n) is 5.79. The van der Waals surface area contributed by atoms with Crippen molar-refractivity contribution in [3.8, 4) is 0 Å². The van der Waals surface area contributed by atoms with Crippen molar-refractivity contribution >= 4 is 11.9 Å². The van der Waals surface area contributed by atoms with E-state index in [-0.39, 0.29) is 6.10 Å². The van der Waals surface area contributed by atoms with Gasteiger partial charge >= 0.3 is 11.9 Å². The average Bonchev–Trinajstić information content (AvgIpc) is 2.34. The predicted octanol–water partition coefficient (Wildman–Crippen LogP) is 2.58. The second-order valence-corrected chi connectivity index (χ2v) is 5.79. The van der Waals surface area contributed by atoms with Crippen LogP contribution in [0.5, 0.6) is 0 Å². The fraction of sp³-hybridized carbons (Fsp3) is 0.714. The topological polar surface area (TPSA) is 82.1 Å². The van der Waals surface area contributed by atoms with E-state index in [4.69, 9.17) is 19.6 Å². The minimum Gasteiger partial charge on any atom is -0.478 e. The Balaban J connectivity index is 2.62. The molecule has 1 aliphatic rings. The lowest BCUT2D eigenvalue weighted by atomic mass is 9.98. The number of carboxylic acids is 1. The van der Waals surface area contributed by atoms with E-state index in [0.717, 1.165) is 32.1 Å². The van der Waals surface area contributed by atoms with Crippen molar-refractivity contribution in [2.45, 2.75) is 64.6 Å². The Morgan fingerprint density at radius 3 is 2.25 bits per heavy atom. The summed E-state index contributed by atoms with van der Waals surface area (Å²) in [5.41, 5.74) is -0.664. The molecule has 1 aliphatic carbocycles. The van der Waals surface area contributed by atoms with E-state index in [1.165, 1.54) is 0 Å². The summed E-state index contributed by atoms with van der Waals surface area (Å²) in [6.07, 6.45) is 5.22. The summed E-state index contributed by atoms with van der Waals surface area (Å²) in [6.45, 7) is 5.16. The molecule has 0 aromatic carbocycles. The van der Waals surface area contributed by atoms with Gasteiger partial charge in [0.25, 0.3) is 5.76 Å². The number of carboxylic acid groups (broad SMARTS) is 1. The van der Waals surface area contributed by atoms with E-state index in [9.17, 15) is 9.59 Å². The maximum atomic E-state index is 11.9. The van der Waals surface area contributed by atoms with Crippen LogP contribution in [0.2, 0.25) is 0 Å². The Morgan fingerprint density at radius 2 is 1.75 bits per heavy atom. The van der Waals surface area contributed by atoms with Crippen LogP contribution in [0.25, 0.3) is 0 Å². The Morgan fingerprint density at radius 1 is 1.15 bits per heavy atom. The molecule has 0 aromatic heterocycles. The number of rotatable bonds is 5. The Kier molecular flexibility index (Phi) is 6.01. The number of aliphatic carboxylic acids is 1. The monoisotopic (exact) mass is 286 g/mol. The maximum absolute atomic E-state index is 11.9. The van der Waals surface area contributed by atoms with Crippen molar-refractivity contribution in [1.82, 2.24) is 0 Å². The van der Waals surface area contributed by atoms with Crippen LogP contribution in [0.1, 0.15) is 52.9 Å². The molecule has 1 rings (SSSR count). The lowest BCUT2D eigenvalue weighted by Crippen LogP contribution is -2.25. The average molecular weight is 286 g/mol. The largest absolute Gasteiger partial charge is 0.478 e. The third kappa shape index (κ3) is 6.56. The number of hydrogen-bond acceptors (Lipinski definition) is 5. The van der Waals surface area contributed by atoms with Crippen LogP contribution in [0, 0.1) is 0 Å². The highest BCUT2D eigenvalue weighted by atomic mass is 17.2. The lowest BCUT2D eigenvalue weighted by molar-refractivity contribution is -0.321. The molecule has 114 valence electrons. The van der Waals surface area contributed by atoms with E-state index in [0.29, 0.717) is 6.08 Å². The quantitative estimate of drug-likeness (QED) is 0.275. The molecule has 1 N–H and O–H groups in total. The van der Waals surface area contributed by atoms with E-state index in [2.05, 4.69) is 0 Å². The van der Waals surface area contributed by atoms with Gasteiger partial charge in [-0.2, -0.15) is 4.89 Å². The number of ether oxygens (including phenoxy) is 1. The Bertz CT molecular complexity index is 374. The van der Waals surface area contributed by atoms with Crippen LogP contribution in [-0.2, 0) is 24.1 Å². The van der Waals surface area contributed by atoms with Crippen molar-refractivity contribution < 1.29 is 29.2 Å². The fourth-order valence-electron chi connectivity index (χ4n) is 1.79. The zero-order valence-corrected chi connectivity index (χ0v) is 12.2. The SMILES string of the molecule is CC(C)(C)OOC(=CC(=O)O)C(=O)OC1CCCCC1. The van der Waals surface area contributed by atoms with Gasteiger partial charge in [-0.05, 0) is 46.5 Å².